The zero-order valence-electron chi connectivity index (χ0n) is 26.2. The SMILES string of the molecule is O=C1c2cc3c(cc2C2CCC1CC2)c1cc(C24CC5CC(CC(C5)C2)C4)cc2c4cc5c(cc4n3c12)C(=O)C1CCC5CC1. The molecule has 2 heterocycles. The molecule has 8 bridgehead atoms. The molecule has 226 valence electrons. The second-order valence-corrected chi connectivity index (χ2v) is 17.2. The van der Waals surface area contributed by atoms with Crippen LogP contribution in [0.15, 0.2) is 36.4 Å². The van der Waals surface area contributed by atoms with Gasteiger partial charge in [-0.25, -0.2) is 0 Å². The Bertz CT molecular complexity index is 2000. The first kappa shape index (κ1) is 25.0. The Morgan fingerprint density at radius 2 is 0.933 bits per heavy atom. The number of carbonyl (C=O) groups is 2. The molecule has 5 aromatic rings. The van der Waals surface area contributed by atoms with Gasteiger partial charge in [0.15, 0.2) is 11.6 Å². The zero-order chi connectivity index (χ0) is 29.3. The Labute approximate surface area is 264 Å². The van der Waals surface area contributed by atoms with Gasteiger partial charge in [-0.15, -0.1) is 0 Å². The van der Waals surface area contributed by atoms with Gasteiger partial charge in [0.05, 0.1) is 16.6 Å². The summed E-state index contributed by atoms with van der Waals surface area (Å²) in [6.07, 6.45) is 17.3. The fourth-order valence-corrected chi connectivity index (χ4v) is 13.3. The molecule has 0 N–H and O–H groups in total. The van der Waals surface area contributed by atoms with Gasteiger partial charge in [-0.05, 0) is 178 Å². The molecule has 6 saturated carbocycles. The van der Waals surface area contributed by atoms with Crippen LogP contribution in [0, 0.1) is 29.6 Å². The van der Waals surface area contributed by atoms with Gasteiger partial charge < -0.3 is 4.40 Å². The van der Waals surface area contributed by atoms with Gasteiger partial charge in [0.25, 0.3) is 0 Å². The topological polar surface area (TPSA) is 38.5 Å². The third kappa shape index (κ3) is 3.05. The fourth-order valence-electron chi connectivity index (χ4n) is 13.3. The molecule has 0 unspecified atom stereocenters. The van der Waals surface area contributed by atoms with Crippen LogP contribution in [0.1, 0.15) is 139 Å². The van der Waals surface area contributed by atoms with Crippen molar-refractivity contribution in [3.05, 3.63) is 64.2 Å². The minimum atomic E-state index is 0.192. The number of hydrogen-bond donors (Lipinski definition) is 0. The summed E-state index contributed by atoms with van der Waals surface area (Å²) < 4.78 is 2.49. The van der Waals surface area contributed by atoms with E-state index in [2.05, 4.69) is 40.8 Å². The molecule has 15 rings (SSSR count). The lowest BCUT2D eigenvalue weighted by molar-refractivity contribution is -0.00508. The van der Waals surface area contributed by atoms with E-state index >= 15 is 0 Å². The molecule has 3 nitrogen and oxygen atoms in total. The normalized spacial score (nSPS) is 36.5. The third-order valence-corrected chi connectivity index (χ3v) is 15.0. The van der Waals surface area contributed by atoms with Crippen molar-refractivity contribution in [1.82, 2.24) is 4.40 Å². The summed E-state index contributed by atoms with van der Waals surface area (Å²) in [4.78, 5) is 27.8. The molecule has 0 atom stereocenters. The number of fused-ring (bicyclic) bond motifs is 10. The monoisotopic (exact) mass is 591 g/mol. The average molecular weight is 592 g/mol. The minimum Gasteiger partial charge on any atom is -0.308 e. The van der Waals surface area contributed by atoms with Crippen LogP contribution in [0.5, 0.6) is 0 Å². The molecular weight excluding hydrogens is 550 g/mol. The number of ketones is 2. The summed E-state index contributed by atoms with van der Waals surface area (Å²) in [5.74, 6) is 4.88. The smallest absolute Gasteiger partial charge is 0.166 e. The first-order chi connectivity index (χ1) is 22.0. The van der Waals surface area contributed by atoms with E-state index < -0.39 is 0 Å². The number of aromatic nitrogens is 1. The zero-order valence-corrected chi connectivity index (χ0v) is 26.2. The first-order valence-electron chi connectivity index (χ1n) is 18.4. The summed E-state index contributed by atoms with van der Waals surface area (Å²) in [5.41, 5.74) is 10.2. The molecule has 6 fully saturated rings. The lowest BCUT2D eigenvalue weighted by atomic mass is 9.48. The number of rotatable bonds is 1. The highest BCUT2D eigenvalue weighted by Gasteiger charge is 2.52. The van der Waals surface area contributed by atoms with Gasteiger partial charge in [0.1, 0.15) is 0 Å². The molecular formula is C42H41NO2. The lowest BCUT2D eigenvalue weighted by Gasteiger charge is -2.57. The number of nitrogens with zero attached hydrogens (tertiary/aromatic N) is 1. The van der Waals surface area contributed by atoms with E-state index in [9.17, 15) is 9.59 Å². The highest BCUT2D eigenvalue weighted by atomic mass is 16.1. The summed E-state index contributed by atoms with van der Waals surface area (Å²) in [5, 5.41) is 5.45. The molecule has 3 heteroatoms. The van der Waals surface area contributed by atoms with Crippen molar-refractivity contribution in [2.75, 3.05) is 0 Å². The standard InChI is InChI=1S/C42H41NO2/c44-40-26-5-1-24(2-6-26)29-14-31-33-12-28(42-18-21-9-22(19-42)11-23(10-21)20-42)13-34-32-15-30-25-3-7-27(8-4-25)41(45)36(30)17-38(32)43(39(33)34)37(31)16-35(29)40/h12-17,21-27H,1-11,18-20H2. The average Bonchev–Trinajstić information content (AvgIpc) is 3.37. The van der Waals surface area contributed by atoms with Gasteiger partial charge in [0, 0.05) is 44.5 Å². The van der Waals surface area contributed by atoms with Gasteiger partial charge in [0.2, 0.25) is 0 Å². The first-order valence-corrected chi connectivity index (χ1v) is 18.4. The Morgan fingerprint density at radius 1 is 0.511 bits per heavy atom. The van der Waals surface area contributed by atoms with Crippen molar-refractivity contribution in [3.8, 4) is 0 Å². The van der Waals surface area contributed by atoms with Crippen molar-refractivity contribution >= 4 is 49.7 Å². The van der Waals surface area contributed by atoms with Crippen molar-refractivity contribution in [1.29, 1.82) is 0 Å². The molecule has 10 aliphatic carbocycles. The van der Waals surface area contributed by atoms with E-state index in [1.807, 2.05) is 0 Å². The summed E-state index contributed by atoms with van der Waals surface area (Å²) in [6, 6.07) is 14.8. The van der Waals surface area contributed by atoms with Gasteiger partial charge in [-0.1, -0.05) is 0 Å². The van der Waals surface area contributed by atoms with Crippen molar-refractivity contribution < 1.29 is 9.59 Å². The van der Waals surface area contributed by atoms with E-state index in [-0.39, 0.29) is 11.8 Å². The summed E-state index contributed by atoms with van der Waals surface area (Å²) >= 11 is 0. The molecule has 0 spiro atoms. The van der Waals surface area contributed by atoms with Crippen LogP contribution in [-0.2, 0) is 5.41 Å². The van der Waals surface area contributed by atoms with E-state index in [0.29, 0.717) is 28.8 Å². The van der Waals surface area contributed by atoms with Crippen LogP contribution < -0.4 is 0 Å². The number of carbonyl (C=O) groups excluding carboxylic acids is 2. The molecule has 45 heavy (non-hydrogen) atoms. The van der Waals surface area contributed by atoms with E-state index in [1.54, 1.807) is 5.56 Å². The van der Waals surface area contributed by atoms with Crippen LogP contribution in [0.25, 0.3) is 38.1 Å². The molecule has 0 radical (unpaired) electrons. The van der Waals surface area contributed by atoms with Crippen molar-refractivity contribution in [2.24, 2.45) is 29.6 Å². The summed E-state index contributed by atoms with van der Waals surface area (Å²) in [6.45, 7) is 0. The second-order valence-electron chi connectivity index (χ2n) is 17.2. The quantitative estimate of drug-likeness (QED) is 0.195. The Balaban J connectivity index is 1.21. The molecule has 2 aromatic heterocycles. The van der Waals surface area contributed by atoms with Crippen LogP contribution in [-0.4, -0.2) is 16.0 Å². The number of hydrogen-bond acceptors (Lipinski definition) is 2. The van der Waals surface area contributed by atoms with E-state index in [0.717, 1.165) is 80.2 Å². The fraction of sp³-hybridized carbons (Fsp3) is 0.524. The molecule has 0 saturated heterocycles. The number of Topliss-reactive ketones (excluding diaryl/α,β-unsaturated/α-hetero) is 2. The Morgan fingerprint density at radius 3 is 1.38 bits per heavy atom. The largest absolute Gasteiger partial charge is 0.308 e. The van der Waals surface area contributed by atoms with Crippen LogP contribution in [0.4, 0.5) is 0 Å². The lowest BCUT2D eigenvalue weighted by Crippen LogP contribution is -2.48. The highest BCUT2D eigenvalue weighted by molar-refractivity contribution is 6.25. The van der Waals surface area contributed by atoms with E-state index in [4.69, 9.17) is 0 Å². The van der Waals surface area contributed by atoms with E-state index in [1.165, 1.54) is 87.7 Å². The maximum absolute atomic E-state index is 13.9. The van der Waals surface area contributed by atoms with Crippen molar-refractivity contribution in [3.63, 3.8) is 0 Å². The van der Waals surface area contributed by atoms with Crippen LogP contribution in [0.2, 0.25) is 0 Å². The summed E-state index contributed by atoms with van der Waals surface area (Å²) in [7, 11) is 0. The minimum absolute atomic E-state index is 0.192. The maximum Gasteiger partial charge on any atom is 0.166 e. The van der Waals surface area contributed by atoms with Gasteiger partial charge in [-0.3, -0.25) is 9.59 Å². The maximum atomic E-state index is 13.9. The highest BCUT2D eigenvalue weighted by Crippen LogP contribution is 2.61. The molecule has 0 amide bonds. The second kappa shape index (κ2) is 8.20. The predicted octanol–water partition coefficient (Wildman–Crippen LogP) is 10.2. The van der Waals surface area contributed by atoms with Crippen LogP contribution in [0.3, 0.4) is 0 Å². The Kier molecular flexibility index (Phi) is 4.55. The van der Waals surface area contributed by atoms with Crippen LogP contribution >= 0.6 is 0 Å². The molecule has 3 aromatic carbocycles. The Hall–Kier alpha value is -3.20. The third-order valence-electron chi connectivity index (χ3n) is 15.0. The number of benzene rings is 3. The molecule has 10 aliphatic rings. The predicted molar refractivity (Wildman–Crippen MR) is 179 cm³/mol. The van der Waals surface area contributed by atoms with Gasteiger partial charge >= 0.3 is 0 Å². The molecule has 0 aliphatic heterocycles. The van der Waals surface area contributed by atoms with Gasteiger partial charge in [-0.2, -0.15) is 0 Å². The van der Waals surface area contributed by atoms with Crippen molar-refractivity contribution in [2.45, 2.75) is 107 Å².